The number of nitrogens with one attached hydrogen (secondary N) is 2. The number of hydrogen-bond acceptors (Lipinski definition) is 3. The molecule has 2 rings (SSSR count). The first-order chi connectivity index (χ1) is 9.17. The first-order valence-electron chi connectivity index (χ1n) is 7.40. The molecule has 3 N–H and O–H groups in total. The van der Waals surface area contributed by atoms with Crippen molar-refractivity contribution in [1.82, 2.24) is 10.6 Å². The minimum atomic E-state index is -0.987. The Bertz CT molecular complexity index is 417. The van der Waals surface area contributed by atoms with Gasteiger partial charge in [-0.1, -0.05) is 20.8 Å². The van der Waals surface area contributed by atoms with E-state index in [-0.39, 0.29) is 23.3 Å². The SMILES string of the molecule is CC(=O)NC(CNC1C2(C)CCC(C2)C1(C)C)C(=O)O. The number of carbonyl (C=O) groups excluding carboxylic acids is 1. The molecular formula is C15H26N2O3. The topological polar surface area (TPSA) is 78.4 Å². The van der Waals surface area contributed by atoms with Crippen molar-refractivity contribution in [3.05, 3.63) is 0 Å². The number of carbonyl (C=O) groups is 2. The molecule has 5 heteroatoms. The maximum atomic E-state index is 11.2. The Labute approximate surface area is 120 Å². The van der Waals surface area contributed by atoms with Crippen LogP contribution in [-0.2, 0) is 9.59 Å². The fourth-order valence-electron chi connectivity index (χ4n) is 4.49. The van der Waals surface area contributed by atoms with Crippen molar-refractivity contribution in [1.29, 1.82) is 0 Å². The standard InChI is InChI=1S/C15H26N2O3/c1-9(18)17-11(12(19)20)8-16-13-14(2,3)10-5-6-15(13,4)7-10/h10-11,13,16H,5-8H2,1-4H3,(H,17,18)(H,19,20). The highest BCUT2D eigenvalue weighted by Crippen LogP contribution is 2.62. The Kier molecular flexibility index (Phi) is 3.84. The molecule has 0 aromatic rings. The Morgan fingerprint density at radius 2 is 2.00 bits per heavy atom. The Morgan fingerprint density at radius 1 is 1.35 bits per heavy atom. The highest BCUT2D eigenvalue weighted by Gasteiger charge is 2.59. The molecule has 0 aromatic heterocycles. The monoisotopic (exact) mass is 282 g/mol. The van der Waals surface area contributed by atoms with Crippen molar-refractivity contribution in [2.75, 3.05) is 6.54 Å². The van der Waals surface area contributed by atoms with E-state index in [1.165, 1.54) is 26.2 Å². The van der Waals surface area contributed by atoms with Crippen LogP contribution in [0.15, 0.2) is 0 Å². The number of fused-ring (bicyclic) bond motifs is 2. The first-order valence-corrected chi connectivity index (χ1v) is 7.40. The molecular weight excluding hydrogens is 256 g/mol. The molecule has 0 saturated heterocycles. The van der Waals surface area contributed by atoms with E-state index in [2.05, 4.69) is 31.4 Å². The summed E-state index contributed by atoms with van der Waals surface area (Å²) in [4.78, 5) is 22.3. The normalized spacial score (nSPS) is 35.8. The zero-order chi connectivity index (χ0) is 15.1. The molecule has 0 spiro atoms. The summed E-state index contributed by atoms with van der Waals surface area (Å²) in [6.07, 6.45) is 3.70. The van der Waals surface area contributed by atoms with Gasteiger partial charge in [0.1, 0.15) is 6.04 Å². The van der Waals surface area contributed by atoms with Gasteiger partial charge in [0.05, 0.1) is 0 Å². The van der Waals surface area contributed by atoms with E-state index in [1.807, 2.05) is 0 Å². The quantitative estimate of drug-likeness (QED) is 0.712. The number of amides is 1. The smallest absolute Gasteiger partial charge is 0.327 e. The number of rotatable bonds is 5. The molecule has 5 nitrogen and oxygen atoms in total. The molecule has 20 heavy (non-hydrogen) atoms. The van der Waals surface area contributed by atoms with Gasteiger partial charge in [0.15, 0.2) is 0 Å². The molecule has 0 aliphatic heterocycles. The number of carboxylic acids is 1. The summed E-state index contributed by atoms with van der Waals surface area (Å²) in [5, 5.41) is 15.1. The van der Waals surface area contributed by atoms with E-state index in [4.69, 9.17) is 5.11 Å². The third-order valence-corrected chi connectivity index (χ3v) is 5.47. The van der Waals surface area contributed by atoms with Crippen molar-refractivity contribution >= 4 is 11.9 Å². The van der Waals surface area contributed by atoms with Gasteiger partial charge in [0, 0.05) is 19.5 Å². The van der Waals surface area contributed by atoms with Gasteiger partial charge in [0.25, 0.3) is 0 Å². The van der Waals surface area contributed by atoms with Crippen molar-refractivity contribution < 1.29 is 14.7 Å². The van der Waals surface area contributed by atoms with Crippen LogP contribution >= 0.6 is 0 Å². The summed E-state index contributed by atoms with van der Waals surface area (Å²) in [6, 6.07) is -0.546. The van der Waals surface area contributed by atoms with E-state index in [9.17, 15) is 9.59 Å². The lowest BCUT2D eigenvalue weighted by Crippen LogP contribution is -2.55. The molecule has 2 bridgehead atoms. The molecule has 0 heterocycles. The lowest BCUT2D eigenvalue weighted by Gasteiger charge is -2.43. The fourth-order valence-corrected chi connectivity index (χ4v) is 4.49. The fraction of sp³-hybridized carbons (Fsp3) is 0.867. The van der Waals surface area contributed by atoms with Crippen LogP contribution in [0.3, 0.4) is 0 Å². The zero-order valence-corrected chi connectivity index (χ0v) is 12.8. The van der Waals surface area contributed by atoms with Gasteiger partial charge < -0.3 is 15.7 Å². The lowest BCUT2D eigenvalue weighted by atomic mass is 9.68. The van der Waals surface area contributed by atoms with Crippen molar-refractivity contribution in [3.8, 4) is 0 Å². The highest BCUT2D eigenvalue weighted by molar-refractivity contribution is 5.82. The average Bonchev–Trinajstić information content (AvgIpc) is 2.77. The lowest BCUT2D eigenvalue weighted by molar-refractivity contribution is -0.141. The van der Waals surface area contributed by atoms with Crippen molar-refractivity contribution in [2.45, 2.75) is 59.0 Å². The van der Waals surface area contributed by atoms with Crippen molar-refractivity contribution in [3.63, 3.8) is 0 Å². The van der Waals surface area contributed by atoms with E-state index in [0.717, 1.165) is 0 Å². The summed E-state index contributed by atoms with van der Waals surface area (Å²) in [6.45, 7) is 8.47. The van der Waals surface area contributed by atoms with Crippen LogP contribution < -0.4 is 10.6 Å². The van der Waals surface area contributed by atoms with Crippen molar-refractivity contribution in [2.24, 2.45) is 16.7 Å². The van der Waals surface area contributed by atoms with Crippen LogP contribution in [0.2, 0.25) is 0 Å². The number of hydrogen-bond donors (Lipinski definition) is 3. The molecule has 4 unspecified atom stereocenters. The predicted molar refractivity (Wildman–Crippen MR) is 76.3 cm³/mol. The second-order valence-electron chi connectivity index (χ2n) is 7.35. The molecule has 2 aliphatic carbocycles. The van der Waals surface area contributed by atoms with Gasteiger partial charge in [-0.05, 0) is 36.0 Å². The third kappa shape index (κ3) is 2.55. The Hall–Kier alpha value is -1.10. The van der Waals surface area contributed by atoms with Gasteiger partial charge in [-0.15, -0.1) is 0 Å². The van der Waals surface area contributed by atoms with E-state index >= 15 is 0 Å². The second-order valence-corrected chi connectivity index (χ2v) is 7.35. The third-order valence-electron chi connectivity index (χ3n) is 5.47. The Balaban J connectivity index is 2.02. The van der Waals surface area contributed by atoms with Crippen LogP contribution in [0, 0.1) is 16.7 Å². The summed E-state index contributed by atoms with van der Waals surface area (Å²) in [5.74, 6) is -0.578. The molecule has 2 fully saturated rings. The molecule has 1 amide bonds. The van der Waals surface area contributed by atoms with E-state index < -0.39 is 12.0 Å². The minimum absolute atomic E-state index is 0.187. The largest absolute Gasteiger partial charge is 0.480 e. The molecule has 114 valence electrons. The summed E-state index contributed by atoms with van der Waals surface area (Å²) in [7, 11) is 0. The summed E-state index contributed by atoms with van der Waals surface area (Å²) >= 11 is 0. The van der Waals surface area contributed by atoms with E-state index in [0.29, 0.717) is 12.0 Å². The van der Waals surface area contributed by atoms with Crippen LogP contribution in [0.1, 0.15) is 47.0 Å². The second kappa shape index (κ2) is 5.02. The predicted octanol–water partition coefficient (Wildman–Crippen LogP) is 1.38. The van der Waals surface area contributed by atoms with Crippen LogP contribution in [0.25, 0.3) is 0 Å². The molecule has 2 saturated carbocycles. The molecule has 0 radical (unpaired) electrons. The number of carboxylic acid groups (broad SMARTS) is 1. The number of aliphatic carboxylic acids is 1. The zero-order valence-electron chi connectivity index (χ0n) is 12.8. The highest BCUT2D eigenvalue weighted by atomic mass is 16.4. The first kappa shape index (κ1) is 15.3. The van der Waals surface area contributed by atoms with Gasteiger partial charge in [0.2, 0.25) is 5.91 Å². The van der Waals surface area contributed by atoms with Crippen LogP contribution in [-0.4, -0.2) is 35.6 Å². The summed E-state index contributed by atoms with van der Waals surface area (Å²) in [5.41, 5.74) is 0.444. The minimum Gasteiger partial charge on any atom is -0.480 e. The molecule has 0 aromatic carbocycles. The average molecular weight is 282 g/mol. The molecule has 4 atom stereocenters. The van der Waals surface area contributed by atoms with Crippen LogP contribution in [0.5, 0.6) is 0 Å². The van der Waals surface area contributed by atoms with Gasteiger partial charge in [-0.25, -0.2) is 4.79 Å². The molecule has 2 aliphatic rings. The van der Waals surface area contributed by atoms with Crippen LogP contribution in [0.4, 0.5) is 0 Å². The Morgan fingerprint density at radius 3 is 2.45 bits per heavy atom. The van der Waals surface area contributed by atoms with Gasteiger partial charge in [-0.3, -0.25) is 4.79 Å². The summed E-state index contributed by atoms with van der Waals surface area (Å²) < 4.78 is 0. The van der Waals surface area contributed by atoms with Gasteiger partial charge >= 0.3 is 5.97 Å². The maximum absolute atomic E-state index is 11.2. The maximum Gasteiger partial charge on any atom is 0.327 e. The van der Waals surface area contributed by atoms with E-state index in [1.54, 1.807) is 0 Å². The van der Waals surface area contributed by atoms with Gasteiger partial charge in [-0.2, -0.15) is 0 Å².